The molecule has 15 heavy (non-hydrogen) atoms. The van der Waals surface area contributed by atoms with Crippen LogP contribution in [-0.4, -0.2) is 14.8 Å². The van der Waals surface area contributed by atoms with E-state index in [1.807, 2.05) is 25.4 Å². The van der Waals surface area contributed by atoms with Gasteiger partial charge in [0.1, 0.15) is 0 Å². The van der Waals surface area contributed by atoms with Crippen LogP contribution in [0.15, 0.2) is 11.4 Å². The number of hydrogen-bond acceptors (Lipinski definition) is 4. The van der Waals surface area contributed by atoms with E-state index in [-0.39, 0.29) is 0 Å². The Bertz CT molecular complexity index is 466. The maximum Gasteiger partial charge on any atom is 0.280 e. The molecule has 0 spiro atoms. The van der Waals surface area contributed by atoms with E-state index in [4.69, 9.17) is 16.3 Å². The summed E-state index contributed by atoms with van der Waals surface area (Å²) in [6.07, 6.45) is 0. The van der Waals surface area contributed by atoms with Gasteiger partial charge in [0, 0.05) is 18.5 Å². The molecule has 0 N–H and O–H groups in total. The first-order chi connectivity index (χ1) is 7.19. The topological polar surface area (TPSA) is 39.9 Å². The largest absolute Gasteiger partial charge is 0.412 e. The number of nitrogens with zero attached hydrogens (tertiary/aromatic N) is 3. The zero-order chi connectivity index (χ0) is 10.8. The van der Waals surface area contributed by atoms with E-state index in [9.17, 15) is 0 Å². The Morgan fingerprint density at radius 3 is 2.93 bits per heavy atom. The van der Waals surface area contributed by atoms with E-state index < -0.39 is 0 Å². The zero-order valence-electron chi connectivity index (χ0n) is 8.40. The van der Waals surface area contributed by atoms with E-state index in [0.717, 1.165) is 11.4 Å². The first kappa shape index (κ1) is 10.4. The van der Waals surface area contributed by atoms with Crippen molar-refractivity contribution in [1.29, 1.82) is 0 Å². The summed E-state index contributed by atoms with van der Waals surface area (Å²) in [4.78, 5) is 4.20. The van der Waals surface area contributed by atoms with Crippen molar-refractivity contribution in [2.45, 2.75) is 12.8 Å². The van der Waals surface area contributed by atoms with Crippen molar-refractivity contribution in [3.8, 4) is 11.1 Å². The summed E-state index contributed by atoms with van der Waals surface area (Å²) in [6.45, 7) is 1.92. The molecule has 80 valence electrons. The molecule has 2 rings (SSSR count). The quantitative estimate of drug-likeness (QED) is 0.779. The molecule has 0 saturated carbocycles. The van der Waals surface area contributed by atoms with Crippen molar-refractivity contribution >= 4 is 22.9 Å². The van der Waals surface area contributed by atoms with Gasteiger partial charge in [-0.05, 0) is 6.92 Å². The Hall–Kier alpha value is -1.07. The van der Waals surface area contributed by atoms with Gasteiger partial charge < -0.3 is 4.74 Å². The number of aryl methyl sites for hydroxylation is 2. The standard InChI is InChI=1S/C9H10ClN3OS/c1-6-3-8(13(2)12-6)14-9-11-7(4-10)5-15-9/h3,5H,4H2,1-2H3. The van der Waals surface area contributed by atoms with Crippen molar-refractivity contribution in [1.82, 2.24) is 14.8 Å². The molecule has 0 aliphatic heterocycles. The Labute approximate surface area is 96.5 Å². The summed E-state index contributed by atoms with van der Waals surface area (Å²) >= 11 is 7.08. The van der Waals surface area contributed by atoms with Crippen LogP contribution in [0.5, 0.6) is 11.1 Å². The van der Waals surface area contributed by atoms with Gasteiger partial charge in [-0.25, -0.2) is 9.67 Å². The highest BCUT2D eigenvalue weighted by atomic mass is 35.5. The third-order valence-electron chi connectivity index (χ3n) is 1.82. The second-order valence-corrected chi connectivity index (χ2v) is 4.18. The van der Waals surface area contributed by atoms with Gasteiger partial charge in [-0.15, -0.1) is 11.6 Å². The summed E-state index contributed by atoms with van der Waals surface area (Å²) in [6, 6.07) is 1.86. The number of hydrogen-bond donors (Lipinski definition) is 0. The molecule has 6 heteroatoms. The molecule has 0 saturated heterocycles. The van der Waals surface area contributed by atoms with E-state index in [1.54, 1.807) is 4.68 Å². The van der Waals surface area contributed by atoms with E-state index in [2.05, 4.69) is 10.1 Å². The number of thiazole rings is 1. The third-order valence-corrected chi connectivity index (χ3v) is 2.86. The molecular formula is C9H10ClN3OS. The minimum Gasteiger partial charge on any atom is -0.412 e. The minimum atomic E-state index is 0.407. The van der Waals surface area contributed by atoms with Crippen LogP contribution in [0.3, 0.4) is 0 Å². The van der Waals surface area contributed by atoms with E-state index >= 15 is 0 Å². The van der Waals surface area contributed by atoms with Crippen LogP contribution in [0, 0.1) is 6.92 Å². The highest BCUT2D eigenvalue weighted by Gasteiger charge is 2.07. The van der Waals surface area contributed by atoms with Gasteiger partial charge >= 0.3 is 0 Å². The number of alkyl halides is 1. The molecule has 0 atom stereocenters. The second-order valence-electron chi connectivity index (χ2n) is 3.09. The maximum atomic E-state index is 5.65. The number of rotatable bonds is 3. The first-order valence-electron chi connectivity index (χ1n) is 4.38. The Kier molecular flexibility index (Phi) is 2.93. The van der Waals surface area contributed by atoms with Gasteiger partial charge in [0.2, 0.25) is 5.88 Å². The molecule has 4 nitrogen and oxygen atoms in total. The fraction of sp³-hybridized carbons (Fsp3) is 0.333. The molecule has 0 radical (unpaired) electrons. The lowest BCUT2D eigenvalue weighted by atomic mass is 10.5. The van der Waals surface area contributed by atoms with Gasteiger partial charge in [0.15, 0.2) is 0 Å². The molecule has 0 aliphatic rings. The van der Waals surface area contributed by atoms with E-state index in [0.29, 0.717) is 17.0 Å². The number of halogens is 1. The number of aromatic nitrogens is 3. The predicted octanol–water partition coefficient (Wildman–Crippen LogP) is 2.72. The molecule has 0 amide bonds. The Morgan fingerprint density at radius 2 is 2.40 bits per heavy atom. The Morgan fingerprint density at radius 1 is 1.60 bits per heavy atom. The lowest BCUT2D eigenvalue weighted by Crippen LogP contribution is -1.94. The highest BCUT2D eigenvalue weighted by Crippen LogP contribution is 2.25. The van der Waals surface area contributed by atoms with Crippen LogP contribution in [0.25, 0.3) is 0 Å². The highest BCUT2D eigenvalue weighted by molar-refractivity contribution is 7.11. The van der Waals surface area contributed by atoms with Crippen LogP contribution in [-0.2, 0) is 12.9 Å². The second kappa shape index (κ2) is 4.20. The van der Waals surface area contributed by atoms with Gasteiger partial charge in [-0.1, -0.05) is 11.3 Å². The smallest absolute Gasteiger partial charge is 0.280 e. The van der Waals surface area contributed by atoms with E-state index in [1.165, 1.54) is 11.3 Å². The Balaban J connectivity index is 2.17. The third kappa shape index (κ3) is 2.30. The molecule has 0 bridgehead atoms. The summed E-state index contributed by atoms with van der Waals surface area (Å²) in [5.74, 6) is 1.09. The van der Waals surface area contributed by atoms with Crippen molar-refractivity contribution in [3.05, 3.63) is 22.8 Å². The van der Waals surface area contributed by atoms with Crippen LogP contribution in [0.2, 0.25) is 0 Å². The normalized spacial score (nSPS) is 10.6. The number of ether oxygens (including phenoxy) is 1. The minimum absolute atomic E-state index is 0.407. The van der Waals surface area contributed by atoms with Crippen molar-refractivity contribution in [3.63, 3.8) is 0 Å². The lowest BCUT2D eigenvalue weighted by molar-refractivity contribution is 0.427. The zero-order valence-corrected chi connectivity index (χ0v) is 9.97. The maximum absolute atomic E-state index is 5.65. The van der Waals surface area contributed by atoms with Crippen LogP contribution in [0.4, 0.5) is 0 Å². The predicted molar refractivity (Wildman–Crippen MR) is 59.7 cm³/mol. The molecule has 0 aromatic carbocycles. The summed E-state index contributed by atoms with van der Waals surface area (Å²) in [7, 11) is 1.83. The molecule has 0 aliphatic carbocycles. The average Bonchev–Trinajstić information content (AvgIpc) is 2.75. The monoisotopic (exact) mass is 243 g/mol. The van der Waals surface area contributed by atoms with Gasteiger partial charge in [0.05, 0.1) is 17.3 Å². The molecule has 0 fully saturated rings. The van der Waals surface area contributed by atoms with Crippen molar-refractivity contribution < 1.29 is 4.74 Å². The van der Waals surface area contributed by atoms with Crippen LogP contribution < -0.4 is 4.74 Å². The van der Waals surface area contributed by atoms with Crippen LogP contribution >= 0.6 is 22.9 Å². The van der Waals surface area contributed by atoms with Crippen LogP contribution in [0.1, 0.15) is 11.4 Å². The fourth-order valence-corrected chi connectivity index (χ4v) is 2.07. The molecule has 0 unspecified atom stereocenters. The van der Waals surface area contributed by atoms with Crippen molar-refractivity contribution in [2.24, 2.45) is 7.05 Å². The molecular weight excluding hydrogens is 234 g/mol. The summed E-state index contributed by atoms with van der Waals surface area (Å²) in [5.41, 5.74) is 1.75. The fourth-order valence-electron chi connectivity index (χ4n) is 1.17. The molecule has 2 aromatic rings. The lowest BCUT2D eigenvalue weighted by Gasteiger charge is -1.99. The summed E-state index contributed by atoms with van der Waals surface area (Å²) < 4.78 is 7.24. The average molecular weight is 244 g/mol. The first-order valence-corrected chi connectivity index (χ1v) is 5.79. The van der Waals surface area contributed by atoms with Gasteiger partial charge in [0.25, 0.3) is 5.19 Å². The molecule has 2 aromatic heterocycles. The van der Waals surface area contributed by atoms with Crippen molar-refractivity contribution in [2.75, 3.05) is 0 Å². The molecule has 2 heterocycles. The van der Waals surface area contributed by atoms with Gasteiger partial charge in [-0.2, -0.15) is 5.10 Å². The van der Waals surface area contributed by atoms with Gasteiger partial charge in [-0.3, -0.25) is 0 Å². The SMILES string of the molecule is Cc1cc(Oc2nc(CCl)cs2)n(C)n1. The summed E-state index contributed by atoms with van der Waals surface area (Å²) in [5, 5.41) is 6.65.